The van der Waals surface area contributed by atoms with Crippen LogP contribution in [0.3, 0.4) is 0 Å². The van der Waals surface area contributed by atoms with Gasteiger partial charge in [-0.1, -0.05) is 18.3 Å². The lowest BCUT2D eigenvalue weighted by Gasteiger charge is -2.26. The minimum atomic E-state index is 0.713. The first-order valence-electron chi connectivity index (χ1n) is 6.73. The summed E-state index contributed by atoms with van der Waals surface area (Å²) in [5, 5.41) is 8.47. The average Bonchev–Trinajstić information content (AvgIpc) is 3.01. The van der Waals surface area contributed by atoms with Crippen molar-refractivity contribution in [1.82, 2.24) is 19.4 Å². The molecule has 2 heterocycles. The van der Waals surface area contributed by atoms with Crippen LogP contribution in [0.15, 0.2) is 0 Å². The van der Waals surface area contributed by atoms with Gasteiger partial charge in [0.15, 0.2) is 0 Å². The molecule has 0 saturated carbocycles. The van der Waals surface area contributed by atoms with E-state index in [4.69, 9.17) is 0 Å². The summed E-state index contributed by atoms with van der Waals surface area (Å²) in [5.74, 6) is 0. The summed E-state index contributed by atoms with van der Waals surface area (Å²) in [6.07, 6.45) is 1.27. The first-order valence-corrected chi connectivity index (χ1v) is 7.51. The van der Waals surface area contributed by atoms with E-state index >= 15 is 0 Å². The zero-order valence-electron chi connectivity index (χ0n) is 11.5. The molecule has 1 saturated heterocycles. The summed E-state index contributed by atoms with van der Waals surface area (Å²) < 4.78 is 4.01. The van der Waals surface area contributed by atoms with E-state index in [1.807, 2.05) is 7.05 Å². The third-order valence-corrected chi connectivity index (χ3v) is 4.52. The molecule has 0 amide bonds. The largest absolute Gasteiger partial charge is 0.377 e. The van der Waals surface area contributed by atoms with Crippen molar-refractivity contribution >= 4 is 16.5 Å². The maximum Gasteiger partial charge on any atom is 0.134 e. The van der Waals surface area contributed by atoms with E-state index in [0.29, 0.717) is 6.04 Å². The van der Waals surface area contributed by atoms with E-state index < -0.39 is 0 Å². The van der Waals surface area contributed by atoms with Gasteiger partial charge in [-0.2, -0.15) is 0 Å². The third-order valence-electron chi connectivity index (χ3n) is 3.73. The molecule has 1 N–H and O–H groups in total. The second kappa shape index (κ2) is 6.45. The SMILES string of the molecule is CCN(CC)C1CCN(Cc2nnsc2NC)C1. The summed E-state index contributed by atoms with van der Waals surface area (Å²) in [5.41, 5.74) is 1.09. The molecule has 1 aromatic rings. The van der Waals surface area contributed by atoms with Crippen LogP contribution in [0.2, 0.25) is 0 Å². The molecule has 2 rings (SSSR count). The summed E-state index contributed by atoms with van der Waals surface area (Å²) in [7, 11) is 1.93. The summed E-state index contributed by atoms with van der Waals surface area (Å²) >= 11 is 1.44. The molecule has 1 fully saturated rings. The second-order valence-electron chi connectivity index (χ2n) is 4.70. The van der Waals surface area contributed by atoms with Gasteiger partial charge in [0.25, 0.3) is 0 Å². The highest BCUT2D eigenvalue weighted by molar-refractivity contribution is 7.10. The van der Waals surface area contributed by atoms with E-state index in [2.05, 4.69) is 38.6 Å². The zero-order valence-corrected chi connectivity index (χ0v) is 12.3. The molecule has 1 aromatic heterocycles. The molecule has 0 spiro atoms. The van der Waals surface area contributed by atoms with Gasteiger partial charge in [-0.25, -0.2) is 0 Å². The highest BCUT2D eigenvalue weighted by atomic mass is 32.1. The van der Waals surface area contributed by atoms with E-state index in [1.54, 1.807) is 0 Å². The van der Waals surface area contributed by atoms with Crippen LogP contribution in [0.5, 0.6) is 0 Å². The lowest BCUT2D eigenvalue weighted by Crippen LogP contribution is -2.37. The van der Waals surface area contributed by atoms with Gasteiger partial charge >= 0.3 is 0 Å². The smallest absolute Gasteiger partial charge is 0.134 e. The molecule has 1 aliphatic rings. The normalized spacial score (nSPS) is 20.8. The van der Waals surface area contributed by atoms with Crippen LogP contribution in [0.4, 0.5) is 5.00 Å². The molecule has 1 atom stereocenters. The Morgan fingerprint density at radius 3 is 2.89 bits per heavy atom. The minimum Gasteiger partial charge on any atom is -0.377 e. The molecular weight excluding hydrogens is 246 g/mol. The minimum absolute atomic E-state index is 0.713. The number of likely N-dealkylation sites (tertiary alicyclic amines) is 1. The van der Waals surface area contributed by atoms with Crippen LogP contribution in [0.1, 0.15) is 26.0 Å². The average molecular weight is 269 g/mol. The molecule has 0 aromatic carbocycles. The standard InChI is InChI=1S/C12H23N5S/c1-4-17(5-2)10-6-7-16(8-10)9-11-12(13-3)18-15-14-11/h10,13H,4-9H2,1-3H3. The monoisotopic (exact) mass is 269 g/mol. The molecule has 0 aliphatic carbocycles. The molecule has 1 aliphatic heterocycles. The molecule has 18 heavy (non-hydrogen) atoms. The number of nitrogens with zero attached hydrogens (tertiary/aromatic N) is 4. The molecule has 6 heteroatoms. The van der Waals surface area contributed by atoms with Gasteiger partial charge in [-0.3, -0.25) is 9.80 Å². The first-order chi connectivity index (χ1) is 8.78. The lowest BCUT2D eigenvalue weighted by atomic mass is 10.2. The van der Waals surface area contributed by atoms with Crippen molar-refractivity contribution in [2.75, 3.05) is 38.5 Å². The fourth-order valence-electron chi connectivity index (χ4n) is 2.71. The Labute approximate surface area is 113 Å². The van der Waals surface area contributed by atoms with Crippen LogP contribution in [0, 0.1) is 0 Å². The van der Waals surface area contributed by atoms with E-state index in [9.17, 15) is 0 Å². The molecule has 0 radical (unpaired) electrons. The van der Waals surface area contributed by atoms with Crippen LogP contribution in [-0.4, -0.2) is 58.7 Å². The highest BCUT2D eigenvalue weighted by Crippen LogP contribution is 2.22. The molecule has 102 valence electrons. The zero-order chi connectivity index (χ0) is 13.0. The molecule has 1 unspecified atom stereocenters. The predicted molar refractivity (Wildman–Crippen MR) is 76.1 cm³/mol. The van der Waals surface area contributed by atoms with Gasteiger partial charge in [0.05, 0.1) is 0 Å². The van der Waals surface area contributed by atoms with Crippen molar-refractivity contribution in [2.24, 2.45) is 0 Å². The van der Waals surface area contributed by atoms with Crippen molar-refractivity contribution in [3.05, 3.63) is 5.69 Å². The van der Waals surface area contributed by atoms with E-state index in [-0.39, 0.29) is 0 Å². The fourth-order valence-corrected chi connectivity index (χ4v) is 3.23. The lowest BCUT2D eigenvalue weighted by molar-refractivity contribution is 0.208. The Morgan fingerprint density at radius 1 is 1.44 bits per heavy atom. The Hall–Kier alpha value is -0.720. The number of likely N-dealkylation sites (N-methyl/N-ethyl adjacent to an activating group) is 1. The Kier molecular flexibility index (Phi) is 4.91. The van der Waals surface area contributed by atoms with Crippen LogP contribution in [-0.2, 0) is 6.54 Å². The van der Waals surface area contributed by atoms with Crippen molar-refractivity contribution in [1.29, 1.82) is 0 Å². The third kappa shape index (κ3) is 2.99. The fraction of sp³-hybridized carbons (Fsp3) is 0.833. The van der Waals surface area contributed by atoms with E-state index in [1.165, 1.54) is 24.5 Å². The van der Waals surface area contributed by atoms with Gasteiger partial charge in [0.1, 0.15) is 10.7 Å². The first kappa shape index (κ1) is 13.7. The van der Waals surface area contributed by atoms with Crippen molar-refractivity contribution in [3.8, 4) is 0 Å². The van der Waals surface area contributed by atoms with E-state index in [0.717, 1.165) is 36.9 Å². The quantitative estimate of drug-likeness (QED) is 0.848. The van der Waals surface area contributed by atoms with Crippen LogP contribution in [0.25, 0.3) is 0 Å². The maximum atomic E-state index is 4.21. The Balaban J connectivity index is 1.89. The summed E-state index contributed by atoms with van der Waals surface area (Å²) in [6.45, 7) is 10.0. The Morgan fingerprint density at radius 2 is 2.22 bits per heavy atom. The van der Waals surface area contributed by atoms with Crippen LogP contribution < -0.4 is 5.32 Å². The number of rotatable bonds is 6. The van der Waals surface area contributed by atoms with Crippen LogP contribution >= 0.6 is 11.5 Å². The van der Waals surface area contributed by atoms with Crippen molar-refractivity contribution in [2.45, 2.75) is 32.9 Å². The maximum absolute atomic E-state index is 4.21. The molecule has 5 nitrogen and oxygen atoms in total. The number of hydrogen-bond donors (Lipinski definition) is 1. The van der Waals surface area contributed by atoms with Gasteiger partial charge in [-0.05, 0) is 19.5 Å². The number of nitrogens with one attached hydrogen (secondary N) is 1. The van der Waals surface area contributed by atoms with Gasteiger partial charge < -0.3 is 5.32 Å². The number of aromatic nitrogens is 2. The summed E-state index contributed by atoms with van der Waals surface area (Å²) in [4.78, 5) is 5.04. The Bertz CT molecular complexity index is 363. The highest BCUT2D eigenvalue weighted by Gasteiger charge is 2.27. The number of anilines is 1. The second-order valence-corrected chi connectivity index (χ2v) is 5.45. The molecular formula is C12H23N5S. The molecule has 0 bridgehead atoms. The van der Waals surface area contributed by atoms with Crippen molar-refractivity contribution in [3.63, 3.8) is 0 Å². The predicted octanol–water partition coefficient (Wildman–Crippen LogP) is 1.50. The van der Waals surface area contributed by atoms with Crippen molar-refractivity contribution < 1.29 is 0 Å². The van der Waals surface area contributed by atoms with Gasteiger partial charge in [0, 0.05) is 44.3 Å². The number of hydrogen-bond acceptors (Lipinski definition) is 6. The topological polar surface area (TPSA) is 44.3 Å². The van der Waals surface area contributed by atoms with Gasteiger partial charge in [0.2, 0.25) is 0 Å². The summed E-state index contributed by atoms with van der Waals surface area (Å²) in [6, 6.07) is 0.713. The van der Waals surface area contributed by atoms with Gasteiger partial charge in [-0.15, -0.1) is 5.10 Å².